The highest BCUT2D eigenvalue weighted by Crippen LogP contribution is 2.34. The summed E-state index contributed by atoms with van der Waals surface area (Å²) in [6.07, 6.45) is 5.48. The first-order valence-corrected chi connectivity index (χ1v) is 11.9. The number of ether oxygens (including phenoxy) is 2. The molecule has 3 aromatic heterocycles. The van der Waals surface area contributed by atoms with E-state index in [4.69, 9.17) is 9.47 Å². The third-order valence-corrected chi connectivity index (χ3v) is 6.17. The molecule has 0 atom stereocenters. The van der Waals surface area contributed by atoms with Gasteiger partial charge in [-0.1, -0.05) is 6.07 Å². The Morgan fingerprint density at radius 3 is 2.66 bits per heavy atom. The molecule has 0 saturated carbocycles. The molecule has 0 spiro atoms. The van der Waals surface area contributed by atoms with Crippen molar-refractivity contribution in [2.24, 2.45) is 0 Å². The average molecular weight is 538 g/mol. The van der Waals surface area contributed by atoms with Gasteiger partial charge in [0.25, 0.3) is 0 Å². The first-order valence-electron chi connectivity index (χ1n) is 11.2. The molecule has 0 aliphatic carbocycles. The Kier molecular flexibility index (Phi) is 7.18. The van der Waals surface area contributed by atoms with Gasteiger partial charge >= 0.3 is 0 Å². The third-order valence-electron chi connectivity index (χ3n) is 5.53. The molecular formula is C26H28BrN5O3. The second-order valence-corrected chi connectivity index (χ2v) is 9.74. The van der Waals surface area contributed by atoms with E-state index in [0.29, 0.717) is 36.2 Å². The van der Waals surface area contributed by atoms with Crippen molar-refractivity contribution in [2.45, 2.75) is 39.9 Å². The van der Waals surface area contributed by atoms with E-state index in [9.17, 15) is 5.11 Å². The van der Waals surface area contributed by atoms with E-state index in [2.05, 4.69) is 40.8 Å². The van der Waals surface area contributed by atoms with Crippen molar-refractivity contribution in [2.75, 3.05) is 18.6 Å². The number of allylic oxidation sites excluding steroid dienone is 2. The van der Waals surface area contributed by atoms with Gasteiger partial charge in [-0.2, -0.15) is 0 Å². The summed E-state index contributed by atoms with van der Waals surface area (Å²) in [6.45, 7) is 8.34. The predicted octanol–water partition coefficient (Wildman–Crippen LogP) is 5.03. The van der Waals surface area contributed by atoms with Crippen LogP contribution in [0.4, 0.5) is 5.69 Å². The van der Waals surface area contributed by atoms with Crippen molar-refractivity contribution >= 4 is 21.6 Å². The number of rotatable bonds is 7. The Balaban J connectivity index is 1.56. The Morgan fingerprint density at radius 1 is 1.11 bits per heavy atom. The number of nitrogens with zero attached hydrogens (tertiary/aromatic N) is 5. The molecule has 1 aliphatic rings. The van der Waals surface area contributed by atoms with E-state index in [-0.39, 0.29) is 0 Å². The zero-order valence-corrected chi connectivity index (χ0v) is 22.0. The summed E-state index contributed by atoms with van der Waals surface area (Å²) < 4.78 is 12.2. The van der Waals surface area contributed by atoms with Crippen LogP contribution in [0.5, 0.6) is 5.88 Å². The van der Waals surface area contributed by atoms with Gasteiger partial charge in [0.2, 0.25) is 5.88 Å². The molecule has 182 valence electrons. The van der Waals surface area contributed by atoms with Crippen LogP contribution < -0.4 is 9.64 Å². The minimum atomic E-state index is -1.14. The van der Waals surface area contributed by atoms with E-state index < -0.39 is 5.60 Å². The van der Waals surface area contributed by atoms with Gasteiger partial charge in [0.05, 0.1) is 35.2 Å². The molecule has 1 aliphatic heterocycles. The van der Waals surface area contributed by atoms with E-state index in [1.54, 1.807) is 39.3 Å². The van der Waals surface area contributed by atoms with Gasteiger partial charge < -0.3 is 19.5 Å². The van der Waals surface area contributed by atoms with Crippen molar-refractivity contribution in [3.63, 3.8) is 0 Å². The van der Waals surface area contributed by atoms with Crippen LogP contribution in [0.15, 0.2) is 64.7 Å². The topological polar surface area (TPSA) is 93.5 Å². The average Bonchev–Trinajstić information content (AvgIpc) is 2.84. The summed E-state index contributed by atoms with van der Waals surface area (Å²) in [5.74, 6) is 1.68. The van der Waals surface area contributed by atoms with E-state index in [1.165, 1.54) is 0 Å². The van der Waals surface area contributed by atoms with Gasteiger partial charge in [0, 0.05) is 35.9 Å². The number of aromatic nitrogens is 4. The standard InChI is InChI=1S/C26H28BrN5O3/c1-16-13-29-21(20-9-10-28-25(31-20)26(3,4)33)12-22(16)32-14-19(27)23(11-17(32)2)35-15-18-7-6-8-24(30-18)34-5/h6-13,33H,14-15H2,1-5H3. The minimum absolute atomic E-state index is 0.334. The van der Waals surface area contributed by atoms with Crippen LogP contribution in [-0.4, -0.2) is 38.7 Å². The molecule has 0 saturated heterocycles. The van der Waals surface area contributed by atoms with Crippen LogP contribution in [0.3, 0.4) is 0 Å². The molecular weight excluding hydrogens is 510 g/mol. The summed E-state index contributed by atoms with van der Waals surface area (Å²) in [5, 5.41) is 10.3. The van der Waals surface area contributed by atoms with Crippen LogP contribution in [0.2, 0.25) is 0 Å². The number of aliphatic hydroxyl groups is 1. The lowest BCUT2D eigenvalue weighted by Crippen LogP contribution is -2.27. The largest absolute Gasteiger partial charge is 0.486 e. The fraction of sp³-hybridized carbons (Fsp3) is 0.308. The molecule has 0 aromatic carbocycles. The van der Waals surface area contributed by atoms with Crippen LogP contribution in [0.1, 0.15) is 37.9 Å². The highest BCUT2D eigenvalue weighted by atomic mass is 79.9. The first kappa shape index (κ1) is 24.8. The molecule has 0 unspecified atom stereocenters. The molecule has 9 heteroatoms. The maximum absolute atomic E-state index is 10.3. The SMILES string of the molecule is COc1cccc(COC2=C(Br)CN(c3cc(-c4ccnc(C(C)(C)O)n4)ncc3C)C(C)=C2)n1. The number of anilines is 1. The smallest absolute Gasteiger partial charge is 0.213 e. The zero-order valence-electron chi connectivity index (χ0n) is 20.4. The minimum Gasteiger partial charge on any atom is -0.486 e. The molecule has 35 heavy (non-hydrogen) atoms. The van der Waals surface area contributed by atoms with Crippen LogP contribution in [-0.2, 0) is 16.9 Å². The molecule has 1 N–H and O–H groups in total. The summed E-state index contributed by atoms with van der Waals surface area (Å²) in [5.41, 5.74) is 4.08. The number of pyridine rings is 2. The normalized spacial score (nSPS) is 14.1. The van der Waals surface area contributed by atoms with Gasteiger partial charge in [-0.3, -0.25) is 4.98 Å². The van der Waals surface area contributed by atoms with Crippen molar-refractivity contribution in [3.05, 3.63) is 81.8 Å². The van der Waals surface area contributed by atoms with Gasteiger partial charge in [-0.25, -0.2) is 15.0 Å². The summed E-state index contributed by atoms with van der Waals surface area (Å²) in [7, 11) is 1.59. The molecule has 4 rings (SSSR count). The van der Waals surface area contributed by atoms with Gasteiger partial charge in [-0.05, 0) is 67.4 Å². The summed E-state index contributed by atoms with van der Waals surface area (Å²) in [6, 6.07) is 9.41. The van der Waals surface area contributed by atoms with Gasteiger partial charge in [0.15, 0.2) is 5.82 Å². The molecule has 8 nitrogen and oxygen atoms in total. The lowest BCUT2D eigenvalue weighted by atomic mass is 10.1. The Labute approximate surface area is 213 Å². The van der Waals surface area contributed by atoms with Gasteiger partial charge in [-0.15, -0.1) is 0 Å². The maximum atomic E-state index is 10.3. The zero-order chi connectivity index (χ0) is 25.2. The quantitative estimate of drug-likeness (QED) is 0.448. The number of methoxy groups -OCH3 is 1. The fourth-order valence-corrected chi connectivity index (χ4v) is 4.11. The van der Waals surface area contributed by atoms with Crippen LogP contribution in [0.25, 0.3) is 11.4 Å². The number of hydrogen-bond acceptors (Lipinski definition) is 8. The molecule has 0 radical (unpaired) electrons. The predicted molar refractivity (Wildman–Crippen MR) is 138 cm³/mol. The van der Waals surface area contributed by atoms with E-state index in [1.807, 2.05) is 44.3 Å². The monoisotopic (exact) mass is 537 g/mol. The highest BCUT2D eigenvalue weighted by Gasteiger charge is 2.23. The molecule has 0 bridgehead atoms. The number of aryl methyl sites for hydroxylation is 1. The maximum Gasteiger partial charge on any atom is 0.213 e. The van der Waals surface area contributed by atoms with Crippen LogP contribution >= 0.6 is 15.9 Å². The van der Waals surface area contributed by atoms with Crippen LogP contribution in [0, 0.1) is 6.92 Å². The van der Waals surface area contributed by atoms with E-state index >= 15 is 0 Å². The lowest BCUT2D eigenvalue weighted by molar-refractivity contribution is 0.0688. The molecule has 0 fully saturated rings. The van der Waals surface area contributed by atoms with Crippen molar-refractivity contribution in [1.82, 2.24) is 19.9 Å². The molecule has 4 heterocycles. The second-order valence-electron chi connectivity index (χ2n) is 8.78. The first-order chi connectivity index (χ1) is 16.7. The highest BCUT2D eigenvalue weighted by molar-refractivity contribution is 9.11. The van der Waals surface area contributed by atoms with Crippen molar-refractivity contribution in [3.8, 4) is 17.3 Å². The molecule has 3 aromatic rings. The Bertz CT molecular complexity index is 1300. The lowest BCUT2D eigenvalue weighted by Gasteiger charge is -2.31. The number of hydrogen-bond donors (Lipinski definition) is 1. The summed E-state index contributed by atoms with van der Waals surface area (Å²) in [4.78, 5) is 19.9. The van der Waals surface area contributed by atoms with Crippen molar-refractivity contribution in [1.29, 1.82) is 0 Å². The third kappa shape index (κ3) is 5.68. The van der Waals surface area contributed by atoms with E-state index in [0.717, 1.165) is 32.9 Å². The Hall–Kier alpha value is -3.30. The fourth-order valence-electron chi connectivity index (χ4n) is 3.63. The molecule has 0 amide bonds. The number of halogens is 1. The Morgan fingerprint density at radius 2 is 1.91 bits per heavy atom. The second kappa shape index (κ2) is 10.1. The van der Waals surface area contributed by atoms with Gasteiger partial charge in [0.1, 0.15) is 18.0 Å². The van der Waals surface area contributed by atoms with Crippen molar-refractivity contribution < 1.29 is 14.6 Å². The summed E-state index contributed by atoms with van der Waals surface area (Å²) >= 11 is 3.70.